The summed E-state index contributed by atoms with van der Waals surface area (Å²) in [7, 11) is 0. The van der Waals surface area contributed by atoms with Crippen LogP contribution in [-0.2, 0) is 38.1 Å². The lowest BCUT2D eigenvalue weighted by molar-refractivity contribution is -0.173. The van der Waals surface area contributed by atoms with Crippen molar-refractivity contribution in [2.75, 3.05) is 13.2 Å². The van der Waals surface area contributed by atoms with Gasteiger partial charge in [-0.25, -0.2) is 19.2 Å². The van der Waals surface area contributed by atoms with E-state index in [2.05, 4.69) is 13.2 Å². The molecule has 2 atom stereocenters. The molecule has 0 saturated heterocycles. The maximum atomic E-state index is 11.7. The minimum Gasteiger partial charge on any atom is -0.463 e. The van der Waals surface area contributed by atoms with Gasteiger partial charge in [-0.3, -0.25) is 0 Å². The maximum Gasteiger partial charge on any atom is 0.417 e. The maximum absolute atomic E-state index is 11.7. The summed E-state index contributed by atoms with van der Waals surface area (Å²) >= 11 is 0. The second kappa shape index (κ2) is 15.4. The van der Waals surface area contributed by atoms with Crippen molar-refractivity contribution in [3.8, 4) is 0 Å². The van der Waals surface area contributed by atoms with Gasteiger partial charge in [0.1, 0.15) is 0 Å². The van der Waals surface area contributed by atoms with Gasteiger partial charge >= 0.3 is 23.9 Å². The fraction of sp³-hybridized carbons (Fsp3) is 0.600. The van der Waals surface area contributed by atoms with E-state index in [-0.39, 0.29) is 13.2 Å². The first-order valence-corrected chi connectivity index (χ1v) is 9.30. The number of rotatable bonds is 14. The predicted molar refractivity (Wildman–Crippen MR) is 101 cm³/mol. The zero-order valence-corrected chi connectivity index (χ0v) is 16.6. The molecule has 0 fully saturated rings. The summed E-state index contributed by atoms with van der Waals surface area (Å²) in [4.78, 5) is 45.2. The molecule has 0 aromatic carbocycles. The summed E-state index contributed by atoms with van der Waals surface area (Å²) in [6, 6.07) is 0. The Kier molecular flexibility index (Phi) is 14.0. The highest BCUT2D eigenvalue weighted by molar-refractivity contribution is 6.29. The summed E-state index contributed by atoms with van der Waals surface area (Å²) in [5.74, 6) is -3.02. The number of unbranched alkanes of at least 4 members (excludes halogenated alkanes) is 2. The minimum absolute atomic E-state index is 0.262. The fourth-order valence-electron chi connectivity index (χ4n) is 2.11. The molecule has 0 aliphatic heterocycles. The molecule has 0 aromatic rings. The van der Waals surface area contributed by atoms with E-state index in [4.69, 9.17) is 18.9 Å². The zero-order chi connectivity index (χ0) is 21.4. The molecule has 0 radical (unpaired) electrons. The smallest absolute Gasteiger partial charge is 0.417 e. The van der Waals surface area contributed by atoms with Crippen LogP contribution in [0.25, 0.3) is 0 Å². The highest BCUT2D eigenvalue weighted by atomic mass is 16.6. The molecule has 0 aliphatic rings. The number of carbonyl (C=O) groups excluding carboxylic acids is 4. The number of esters is 4. The van der Waals surface area contributed by atoms with Crippen molar-refractivity contribution in [3.63, 3.8) is 0 Å². The van der Waals surface area contributed by atoms with Gasteiger partial charge in [0.15, 0.2) is 0 Å². The van der Waals surface area contributed by atoms with Gasteiger partial charge in [0.25, 0.3) is 0 Å². The van der Waals surface area contributed by atoms with Gasteiger partial charge in [0, 0.05) is 12.2 Å². The molecule has 0 bridgehead atoms. The van der Waals surface area contributed by atoms with Gasteiger partial charge in [0.2, 0.25) is 0 Å². The third-order valence-corrected chi connectivity index (χ3v) is 3.62. The lowest BCUT2D eigenvalue weighted by atomic mass is 10.2. The highest BCUT2D eigenvalue weighted by Gasteiger charge is 2.22. The molecule has 0 amide bonds. The number of ether oxygens (including phenoxy) is 4. The fourth-order valence-corrected chi connectivity index (χ4v) is 2.11. The Morgan fingerprint density at radius 3 is 1.39 bits per heavy atom. The Balaban J connectivity index is 3.87. The third kappa shape index (κ3) is 13.5. The average molecular weight is 398 g/mol. The normalized spacial score (nSPS) is 12.2. The quantitative estimate of drug-likeness (QED) is 0.145. The van der Waals surface area contributed by atoms with E-state index < -0.39 is 36.1 Å². The van der Waals surface area contributed by atoms with Gasteiger partial charge in [-0.1, -0.05) is 13.2 Å². The minimum atomic E-state index is -1.03. The number of hydrogen-bond acceptors (Lipinski definition) is 8. The van der Waals surface area contributed by atoms with E-state index in [0.717, 1.165) is 12.2 Å². The van der Waals surface area contributed by atoms with E-state index in [1.54, 1.807) is 13.8 Å². The summed E-state index contributed by atoms with van der Waals surface area (Å²) in [6.07, 6.45) is 4.91. The molecule has 0 heterocycles. The molecule has 0 N–H and O–H groups in total. The van der Waals surface area contributed by atoms with Crippen molar-refractivity contribution in [2.24, 2.45) is 0 Å². The lowest BCUT2D eigenvalue weighted by Crippen LogP contribution is -2.27. The summed E-state index contributed by atoms with van der Waals surface area (Å²) in [6.45, 7) is 10.5. The molecule has 8 nitrogen and oxygen atoms in total. The van der Waals surface area contributed by atoms with Crippen LogP contribution in [0.3, 0.4) is 0 Å². The van der Waals surface area contributed by atoms with Crippen LogP contribution in [0.5, 0.6) is 0 Å². The van der Waals surface area contributed by atoms with Crippen LogP contribution in [0.4, 0.5) is 0 Å². The molecule has 0 saturated carbocycles. The Hall–Kier alpha value is -2.64. The molecule has 0 rings (SSSR count). The van der Waals surface area contributed by atoms with E-state index in [0.29, 0.717) is 38.5 Å². The largest absolute Gasteiger partial charge is 0.463 e. The molecule has 28 heavy (non-hydrogen) atoms. The molecule has 158 valence electrons. The van der Waals surface area contributed by atoms with Gasteiger partial charge < -0.3 is 18.9 Å². The topological polar surface area (TPSA) is 105 Å². The Morgan fingerprint density at radius 1 is 0.714 bits per heavy atom. The van der Waals surface area contributed by atoms with Gasteiger partial charge in [-0.15, -0.1) is 0 Å². The standard InChI is InChI=1S/C20H30O8/c1-5-17(21)25-13-9-7-11-15(3)27-19(23)20(24)28-16(4)12-8-10-14-26-18(22)6-2/h5-6,15-16H,1-2,7-14H2,3-4H3. The highest BCUT2D eigenvalue weighted by Crippen LogP contribution is 2.08. The summed E-state index contributed by atoms with van der Waals surface area (Å²) < 4.78 is 19.7. The lowest BCUT2D eigenvalue weighted by Gasteiger charge is -2.15. The molecule has 0 aliphatic carbocycles. The van der Waals surface area contributed by atoms with Crippen LogP contribution in [0, 0.1) is 0 Å². The first kappa shape index (κ1) is 25.4. The molecule has 2 unspecified atom stereocenters. The van der Waals surface area contributed by atoms with Crippen molar-refractivity contribution in [1.29, 1.82) is 0 Å². The first-order valence-electron chi connectivity index (χ1n) is 9.30. The molecular formula is C20H30O8. The molecule has 8 heteroatoms. The van der Waals surface area contributed by atoms with E-state index >= 15 is 0 Å². The predicted octanol–water partition coefficient (Wildman–Crippen LogP) is 2.65. The average Bonchev–Trinajstić information content (AvgIpc) is 2.66. The number of hydrogen-bond donors (Lipinski definition) is 0. The van der Waals surface area contributed by atoms with Crippen LogP contribution in [-0.4, -0.2) is 49.3 Å². The van der Waals surface area contributed by atoms with Gasteiger partial charge in [0.05, 0.1) is 25.4 Å². The molecular weight excluding hydrogens is 368 g/mol. The van der Waals surface area contributed by atoms with Gasteiger partial charge in [-0.2, -0.15) is 0 Å². The summed E-state index contributed by atoms with van der Waals surface area (Å²) in [5, 5.41) is 0. The van der Waals surface area contributed by atoms with Crippen LogP contribution in [0.1, 0.15) is 52.4 Å². The number of carbonyl (C=O) groups is 4. The second-order valence-corrected chi connectivity index (χ2v) is 6.17. The monoisotopic (exact) mass is 398 g/mol. The van der Waals surface area contributed by atoms with Crippen molar-refractivity contribution in [2.45, 2.75) is 64.6 Å². The van der Waals surface area contributed by atoms with Crippen molar-refractivity contribution >= 4 is 23.9 Å². The van der Waals surface area contributed by atoms with Crippen LogP contribution in [0.2, 0.25) is 0 Å². The third-order valence-electron chi connectivity index (χ3n) is 3.62. The van der Waals surface area contributed by atoms with Crippen molar-refractivity contribution in [3.05, 3.63) is 25.3 Å². The van der Waals surface area contributed by atoms with Crippen LogP contribution < -0.4 is 0 Å². The van der Waals surface area contributed by atoms with E-state index in [1.165, 1.54) is 0 Å². The first-order chi connectivity index (χ1) is 13.3. The van der Waals surface area contributed by atoms with E-state index in [9.17, 15) is 19.2 Å². The van der Waals surface area contributed by atoms with Gasteiger partial charge in [-0.05, 0) is 52.4 Å². The molecule has 0 spiro atoms. The Morgan fingerprint density at radius 2 is 1.07 bits per heavy atom. The molecule has 0 aromatic heterocycles. The second-order valence-electron chi connectivity index (χ2n) is 6.17. The zero-order valence-electron chi connectivity index (χ0n) is 16.6. The Labute approximate surface area is 165 Å². The Bertz CT molecular complexity index is 492. The van der Waals surface area contributed by atoms with Crippen LogP contribution >= 0.6 is 0 Å². The van der Waals surface area contributed by atoms with Crippen LogP contribution in [0.15, 0.2) is 25.3 Å². The van der Waals surface area contributed by atoms with Crippen molar-refractivity contribution < 1.29 is 38.1 Å². The SMILES string of the molecule is C=CC(=O)OCCCCC(C)OC(=O)C(=O)OC(C)CCCCOC(=O)C=C. The summed E-state index contributed by atoms with van der Waals surface area (Å²) in [5.41, 5.74) is 0. The van der Waals surface area contributed by atoms with E-state index in [1.807, 2.05) is 0 Å². The van der Waals surface area contributed by atoms with Crippen molar-refractivity contribution in [1.82, 2.24) is 0 Å².